The molecule has 0 aliphatic rings. The van der Waals surface area contributed by atoms with Crippen molar-refractivity contribution in [3.8, 4) is 0 Å². The molecule has 0 bridgehead atoms. The lowest BCUT2D eigenvalue weighted by Crippen LogP contribution is -2.31. The molecule has 1 rings (SSSR count). The minimum atomic E-state index is -0.842. The van der Waals surface area contributed by atoms with E-state index in [4.69, 9.17) is 0 Å². The number of aromatic carboxylic acids is 1. The van der Waals surface area contributed by atoms with Crippen LogP contribution in [0, 0.1) is 11.3 Å². The van der Waals surface area contributed by atoms with E-state index in [1.165, 1.54) is 0 Å². The van der Waals surface area contributed by atoms with Crippen LogP contribution in [0.5, 0.6) is 0 Å². The summed E-state index contributed by atoms with van der Waals surface area (Å²) in [5.41, 5.74) is 1.38. The summed E-state index contributed by atoms with van der Waals surface area (Å²) in [6.07, 6.45) is 0.960. The van der Waals surface area contributed by atoms with Crippen molar-refractivity contribution in [3.05, 3.63) is 35.4 Å². The number of rotatable bonds is 5. The molecular weight excluding hydrogens is 236 g/mol. The lowest BCUT2D eigenvalue weighted by atomic mass is 9.66. The van der Waals surface area contributed by atoms with Gasteiger partial charge in [-0.25, -0.2) is 4.79 Å². The topological polar surface area (TPSA) is 37.3 Å². The summed E-state index contributed by atoms with van der Waals surface area (Å²) in [5.74, 6) is -0.283. The SMILES string of the molecule is CC(C)C(C)(C)CC(C)(C)c1ccccc1C(=O)O. The molecule has 1 aromatic rings. The van der Waals surface area contributed by atoms with Crippen molar-refractivity contribution < 1.29 is 9.90 Å². The van der Waals surface area contributed by atoms with Crippen LogP contribution in [-0.4, -0.2) is 11.1 Å². The Morgan fingerprint density at radius 3 is 2.16 bits per heavy atom. The second-order valence-electron chi connectivity index (χ2n) is 7.05. The summed E-state index contributed by atoms with van der Waals surface area (Å²) >= 11 is 0. The molecule has 106 valence electrons. The van der Waals surface area contributed by atoms with Crippen molar-refractivity contribution in [1.82, 2.24) is 0 Å². The standard InChI is InChI=1S/C17H26O2/c1-12(2)16(3,4)11-17(5,6)14-10-8-7-9-13(14)15(18)19/h7-10,12H,11H2,1-6H3,(H,18,19). The van der Waals surface area contributed by atoms with Gasteiger partial charge in [0, 0.05) is 0 Å². The average molecular weight is 262 g/mol. The molecule has 0 saturated carbocycles. The molecule has 0 heterocycles. The molecule has 0 aliphatic heterocycles. The van der Waals surface area contributed by atoms with Gasteiger partial charge in [-0.2, -0.15) is 0 Å². The van der Waals surface area contributed by atoms with Gasteiger partial charge in [-0.3, -0.25) is 0 Å². The lowest BCUT2D eigenvalue weighted by Gasteiger charge is -2.38. The van der Waals surface area contributed by atoms with Crippen molar-refractivity contribution in [2.24, 2.45) is 11.3 Å². The van der Waals surface area contributed by atoms with Gasteiger partial charge in [-0.1, -0.05) is 59.7 Å². The van der Waals surface area contributed by atoms with Gasteiger partial charge < -0.3 is 5.11 Å². The second-order valence-corrected chi connectivity index (χ2v) is 7.05. The first-order chi connectivity index (χ1) is 8.58. The maximum atomic E-state index is 11.4. The minimum absolute atomic E-state index is 0.150. The first kappa shape index (κ1) is 15.7. The van der Waals surface area contributed by atoms with Gasteiger partial charge in [0.15, 0.2) is 0 Å². The summed E-state index contributed by atoms with van der Waals surface area (Å²) in [4.78, 5) is 11.4. The highest BCUT2D eigenvalue weighted by Crippen LogP contribution is 2.41. The Labute approximate surface area is 116 Å². The highest BCUT2D eigenvalue weighted by molar-refractivity contribution is 5.89. The van der Waals surface area contributed by atoms with Crippen molar-refractivity contribution in [2.45, 2.75) is 53.4 Å². The van der Waals surface area contributed by atoms with Crippen LogP contribution >= 0.6 is 0 Å². The van der Waals surface area contributed by atoms with E-state index in [0.29, 0.717) is 11.5 Å². The maximum Gasteiger partial charge on any atom is 0.335 e. The van der Waals surface area contributed by atoms with E-state index in [1.54, 1.807) is 12.1 Å². The number of hydrogen-bond acceptors (Lipinski definition) is 1. The molecule has 0 aromatic heterocycles. The summed E-state index contributed by atoms with van der Waals surface area (Å²) in [6.45, 7) is 13.2. The van der Waals surface area contributed by atoms with E-state index >= 15 is 0 Å². The Hall–Kier alpha value is -1.31. The fourth-order valence-electron chi connectivity index (χ4n) is 2.70. The Balaban J connectivity index is 3.17. The van der Waals surface area contributed by atoms with Crippen LogP contribution in [-0.2, 0) is 5.41 Å². The van der Waals surface area contributed by atoms with Crippen molar-refractivity contribution in [1.29, 1.82) is 0 Å². The number of carbonyl (C=O) groups is 1. The Kier molecular flexibility index (Phi) is 4.44. The molecule has 0 radical (unpaired) electrons. The van der Waals surface area contributed by atoms with Gasteiger partial charge in [0.05, 0.1) is 5.56 Å². The molecule has 0 aliphatic carbocycles. The predicted octanol–water partition coefficient (Wildman–Crippen LogP) is 4.73. The van der Waals surface area contributed by atoms with E-state index in [2.05, 4.69) is 41.5 Å². The van der Waals surface area contributed by atoms with Crippen molar-refractivity contribution in [2.75, 3.05) is 0 Å². The Bertz CT molecular complexity index is 456. The zero-order chi connectivity index (χ0) is 14.8. The smallest absolute Gasteiger partial charge is 0.335 e. The molecular formula is C17H26O2. The number of carboxylic acids is 1. The molecule has 0 fully saturated rings. The normalized spacial score (nSPS) is 12.8. The third-order valence-electron chi connectivity index (χ3n) is 4.35. The predicted molar refractivity (Wildman–Crippen MR) is 79.7 cm³/mol. The van der Waals surface area contributed by atoms with Crippen LogP contribution in [0.25, 0.3) is 0 Å². The summed E-state index contributed by atoms with van der Waals surface area (Å²) in [7, 11) is 0. The van der Waals surface area contributed by atoms with Crippen LogP contribution < -0.4 is 0 Å². The first-order valence-electron chi connectivity index (χ1n) is 6.91. The lowest BCUT2D eigenvalue weighted by molar-refractivity contribution is 0.0692. The van der Waals surface area contributed by atoms with E-state index in [9.17, 15) is 9.90 Å². The molecule has 2 heteroatoms. The minimum Gasteiger partial charge on any atom is -0.478 e. The van der Waals surface area contributed by atoms with Crippen LogP contribution in [0.2, 0.25) is 0 Å². The van der Waals surface area contributed by atoms with Gasteiger partial charge in [-0.15, -0.1) is 0 Å². The fraction of sp³-hybridized carbons (Fsp3) is 0.588. The van der Waals surface area contributed by atoms with Crippen LogP contribution in [0.1, 0.15) is 63.9 Å². The second kappa shape index (κ2) is 5.36. The monoisotopic (exact) mass is 262 g/mol. The Morgan fingerprint density at radius 1 is 1.16 bits per heavy atom. The highest BCUT2D eigenvalue weighted by Gasteiger charge is 2.34. The van der Waals surface area contributed by atoms with Crippen LogP contribution in [0.4, 0.5) is 0 Å². The molecule has 0 saturated heterocycles. The average Bonchev–Trinajstić information content (AvgIpc) is 2.27. The zero-order valence-corrected chi connectivity index (χ0v) is 12.9. The van der Waals surface area contributed by atoms with Gasteiger partial charge in [0.2, 0.25) is 0 Å². The third-order valence-corrected chi connectivity index (χ3v) is 4.35. The first-order valence-corrected chi connectivity index (χ1v) is 6.91. The van der Waals surface area contributed by atoms with Crippen LogP contribution in [0.3, 0.4) is 0 Å². The largest absolute Gasteiger partial charge is 0.478 e. The zero-order valence-electron chi connectivity index (χ0n) is 12.9. The van der Waals surface area contributed by atoms with E-state index < -0.39 is 5.97 Å². The van der Waals surface area contributed by atoms with E-state index in [-0.39, 0.29) is 10.8 Å². The molecule has 0 atom stereocenters. The number of benzene rings is 1. The van der Waals surface area contributed by atoms with E-state index in [1.807, 2.05) is 12.1 Å². The van der Waals surface area contributed by atoms with Gasteiger partial charge in [-0.05, 0) is 34.8 Å². The molecule has 19 heavy (non-hydrogen) atoms. The van der Waals surface area contributed by atoms with Gasteiger partial charge in [0.1, 0.15) is 0 Å². The quantitative estimate of drug-likeness (QED) is 0.832. The van der Waals surface area contributed by atoms with Gasteiger partial charge in [0.25, 0.3) is 0 Å². The molecule has 2 nitrogen and oxygen atoms in total. The molecule has 1 N–H and O–H groups in total. The van der Waals surface area contributed by atoms with Gasteiger partial charge >= 0.3 is 5.97 Å². The van der Waals surface area contributed by atoms with Crippen molar-refractivity contribution in [3.63, 3.8) is 0 Å². The molecule has 1 aromatic carbocycles. The molecule has 0 amide bonds. The third kappa shape index (κ3) is 3.59. The Morgan fingerprint density at radius 2 is 1.68 bits per heavy atom. The highest BCUT2D eigenvalue weighted by atomic mass is 16.4. The van der Waals surface area contributed by atoms with E-state index in [0.717, 1.165) is 12.0 Å². The molecule has 0 unspecified atom stereocenters. The summed E-state index contributed by atoms with van der Waals surface area (Å²) in [6, 6.07) is 7.35. The number of carboxylic acid groups (broad SMARTS) is 1. The summed E-state index contributed by atoms with van der Waals surface area (Å²) in [5, 5.41) is 9.34. The fourth-order valence-corrected chi connectivity index (χ4v) is 2.70. The number of hydrogen-bond donors (Lipinski definition) is 1. The summed E-state index contributed by atoms with van der Waals surface area (Å²) < 4.78 is 0. The molecule has 0 spiro atoms. The van der Waals surface area contributed by atoms with Crippen LogP contribution in [0.15, 0.2) is 24.3 Å². The van der Waals surface area contributed by atoms with Crippen molar-refractivity contribution >= 4 is 5.97 Å². The maximum absolute atomic E-state index is 11.4.